The van der Waals surface area contributed by atoms with Crippen molar-refractivity contribution in [2.45, 2.75) is 11.7 Å². The lowest BCUT2D eigenvalue weighted by Crippen LogP contribution is -2.33. The predicted molar refractivity (Wildman–Crippen MR) is 40.4 cm³/mol. The lowest BCUT2D eigenvalue weighted by Gasteiger charge is -2.14. The lowest BCUT2D eigenvalue weighted by molar-refractivity contribution is -0.111. The molecule has 74 valence electrons. The zero-order chi connectivity index (χ0) is 10.2. The molecule has 0 saturated heterocycles. The molecule has 0 fully saturated rings. The number of rotatable bonds is 1. The van der Waals surface area contributed by atoms with Crippen molar-refractivity contribution in [3.63, 3.8) is 0 Å². The standard InChI is InChI=1S/C6H6ClF3N2O/c1-12-5(7)3(2-13)4(11-12)6(8,9)10/h2-3,5H,1H3. The smallest absolute Gasteiger partial charge is 0.303 e. The maximum atomic E-state index is 12.2. The van der Waals surface area contributed by atoms with Crippen molar-refractivity contribution in [2.24, 2.45) is 11.0 Å². The number of hydrogen-bond acceptors (Lipinski definition) is 3. The third-order valence-electron chi connectivity index (χ3n) is 1.67. The van der Waals surface area contributed by atoms with Crippen molar-refractivity contribution in [3.8, 4) is 0 Å². The molecule has 1 aliphatic heterocycles. The van der Waals surface area contributed by atoms with Crippen molar-refractivity contribution in [1.29, 1.82) is 0 Å². The van der Waals surface area contributed by atoms with Crippen LogP contribution in [0.15, 0.2) is 5.10 Å². The van der Waals surface area contributed by atoms with Gasteiger partial charge in [0.15, 0.2) is 5.71 Å². The van der Waals surface area contributed by atoms with Gasteiger partial charge in [-0.3, -0.25) is 5.01 Å². The van der Waals surface area contributed by atoms with E-state index < -0.39 is 23.3 Å². The Balaban J connectivity index is 2.97. The zero-order valence-corrected chi connectivity index (χ0v) is 7.30. The largest absolute Gasteiger partial charge is 0.432 e. The SMILES string of the molecule is CN1N=C(C(F)(F)F)C(C=O)C1Cl. The molecule has 0 N–H and O–H groups in total. The number of carbonyl (C=O) groups excluding carboxylic acids is 1. The third-order valence-corrected chi connectivity index (χ3v) is 2.23. The van der Waals surface area contributed by atoms with Crippen molar-refractivity contribution < 1.29 is 18.0 Å². The predicted octanol–water partition coefficient (Wildman–Crippen LogP) is 1.23. The summed E-state index contributed by atoms with van der Waals surface area (Å²) in [4.78, 5) is 10.3. The van der Waals surface area contributed by atoms with Gasteiger partial charge in [0, 0.05) is 7.05 Å². The van der Waals surface area contributed by atoms with Gasteiger partial charge in [0.1, 0.15) is 11.8 Å². The minimum Gasteiger partial charge on any atom is -0.303 e. The van der Waals surface area contributed by atoms with Gasteiger partial charge in [0.05, 0.1) is 5.92 Å². The van der Waals surface area contributed by atoms with E-state index in [1.54, 1.807) is 0 Å². The summed E-state index contributed by atoms with van der Waals surface area (Å²) in [6.45, 7) is 0. The van der Waals surface area contributed by atoms with Crippen molar-refractivity contribution in [2.75, 3.05) is 7.05 Å². The summed E-state index contributed by atoms with van der Waals surface area (Å²) in [7, 11) is 1.28. The zero-order valence-electron chi connectivity index (χ0n) is 6.55. The summed E-state index contributed by atoms with van der Waals surface area (Å²) >= 11 is 5.51. The maximum absolute atomic E-state index is 12.2. The quantitative estimate of drug-likeness (QED) is 0.374. The normalized spacial score (nSPS) is 29.0. The van der Waals surface area contributed by atoms with E-state index in [0.717, 1.165) is 5.01 Å². The Bertz CT molecular complexity index is 253. The second-order valence-electron chi connectivity index (χ2n) is 2.59. The molecule has 13 heavy (non-hydrogen) atoms. The van der Waals surface area contributed by atoms with Gasteiger partial charge in [-0.1, -0.05) is 11.6 Å². The third kappa shape index (κ3) is 1.77. The maximum Gasteiger partial charge on any atom is 0.432 e. The molecule has 1 rings (SSSR count). The molecule has 0 spiro atoms. The van der Waals surface area contributed by atoms with Crippen LogP contribution in [-0.2, 0) is 4.79 Å². The first-order valence-electron chi connectivity index (χ1n) is 3.36. The van der Waals surface area contributed by atoms with Gasteiger partial charge in [0.2, 0.25) is 0 Å². The summed E-state index contributed by atoms with van der Waals surface area (Å²) in [5, 5.41) is 4.07. The minimum atomic E-state index is -4.59. The molecule has 2 atom stereocenters. The van der Waals surface area contributed by atoms with Gasteiger partial charge in [-0.2, -0.15) is 18.3 Å². The van der Waals surface area contributed by atoms with E-state index in [2.05, 4.69) is 5.10 Å². The van der Waals surface area contributed by atoms with E-state index in [4.69, 9.17) is 11.6 Å². The fourth-order valence-electron chi connectivity index (χ4n) is 1.03. The highest BCUT2D eigenvalue weighted by molar-refractivity contribution is 6.25. The molecule has 0 aromatic carbocycles. The van der Waals surface area contributed by atoms with Gasteiger partial charge >= 0.3 is 6.18 Å². The molecule has 0 bridgehead atoms. The van der Waals surface area contributed by atoms with Gasteiger partial charge in [0.25, 0.3) is 0 Å². The summed E-state index contributed by atoms with van der Waals surface area (Å²) in [5.74, 6) is -1.40. The summed E-state index contributed by atoms with van der Waals surface area (Å²) in [6.07, 6.45) is -4.43. The second kappa shape index (κ2) is 3.17. The van der Waals surface area contributed by atoms with Crippen molar-refractivity contribution >= 4 is 23.6 Å². The fraction of sp³-hybridized carbons (Fsp3) is 0.667. The second-order valence-corrected chi connectivity index (χ2v) is 3.04. The lowest BCUT2D eigenvalue weighted by atomic mass is 10.1. The van der Waals surface area contributed by atoms with Gasteiger partial charge in [-0.25, -0.2) is 0 Å². The van der Waals surface area contributed by atoms with Crippen LogP contribution >= 0.6 is 11.6 Å². The summed E-state index contributed by atoms with van der Waals surface area (Å²) < 4.78 is 36.5. The highest BCUT2D eigenvalue weighted by Crippen LogP contribution is 2.31. The van der Waals surface area contributed by atoms with Gasteiger partial charge < -0.3 is 4.79 Å². The van der Waals surface area contributed by atoms with E-state index in [1.165, 1.54) is 7.05 Å². The number of aldehydes is 1. The number of carbonyl (C=O) groups is 1. The Morgan fingerprint density at radius 2 is 2.15 bits per heavy atom. The van der Waals surface area contributed by atoms with Crippen LogP contribution in [0.3, 0.4) is 0 Å². The molecule has 0 aromatic rings. The van der Waals surface area contributed by atoms with E-state index in [9.17, 15) is 18.0 Å². The van der Waals surface area contributed by atoms with Crippen LogP contribution in [-0.4, -0.2) is 35.7 Å². The van der Waals surface area contributed by atoms with Crippen LogP contribution in [0.25, 0.3) is 0 Å². The molecular weight excluding hydrogens is 209 g/mol. The number of hydrogen-bond donors (Lipinski definition) is 0. The molecule has 7 heteroatoms. The average molecular weight is 215 g/mol. The topological polar surface area (TPSA) is 32.7 Å². The average Bonchev–Trinajstić information content (AvgIpc) is 2.28. The van der Waals surface area contributed by atoms with Crippen LogP contribution in [0.5, 0.6) is 0 Å². The van der Waals surface area contributed by atoms with Crippen LogP contribution in [0.4, 0.5) is 13.2 Å². The summed E-state index contributed by atoms with van der Waals surface area (Å²) in [5.41, 5.74) is -2.18. The van der Waals surface area contributed by atoms with E-state index >= 15 is 0 Å². The molecule has 3 nitrogen and oxygen atoms in total. The minimum absolute atomic E-state index is 0.160. The van der Waals surface area contributed by atoms with E-state index in [1.807, 2.05) is 0 Å². The first-order valence-corrected chi connectivity index (χ1v) is 3.79. The fourth-order valence-corrected chi connectivity index (χ4v) is 1.25. The van der Waals surface area contributed by atoms with Crippen LogP contribution in [0.2, 0.25) is 0 Å². The van der Waals surface area contributed by atoms with E-state index in [0.29, 0.717) is 0 Å². The van der Waals surface area contributed by atoms with Gasteiger partial charge in [-0.05, 0) is 0 Å². The van der Waals surface area contributed by atoms with Crippen LogP contribution in [0, 0.1) is 5.92 Å². The van der Waals surface area contributed by atoms with Crippen LogP contribution in [0.1, 0.15) is 0 Å². The monoisotopic (exact) mass is 214 g/mol. The first kappa shape index (κ1) is 10.3. The molecular formula is C6H6ClF3N2O. The highest BCUT2D eigenvalue weighted by Gasteiger charge is 2.48. The van der Waals surface area contributed by atoms with E-state index in [-0.39, 0.29) is 6.29 Å². The molecule has 0 aliphatic carbocycles. The van der Waals surface area contributed by atoms with Crippen LogP contribution < -0.4 is 0 Å². The Labute approximate surface area is 77.1 Å². The molecule has 0 radical (unpaired) electrons. The highest BCUT2D eigenvalue weighted by atomic mass is 35.5. The van der Waals surface area contributed by atoms with Gasteiger partial charge in [-0.15, -0.1) is 0 Å². The molecule has 2 unspecified atom stereocenters. The Morgan fingerprint density at radius 3 is 2.46 bits per heavy atom. The molecule has 0 saturated carbocycles. The number of halogens is 4. The molecule has 0 amide bonds. The van der Waals surface area contributed by atoms with Crippen molar-refractivity contribution in [1.82, 2.24) is 5.01 Å². The Hall–Kier alpha value is -0.780. The molecule has 0 aromatic heterocycles. The Morgan fingerprint density at radius 1 is 1.62 bits per heavy atom. The van der Waals surface area contributed by atoms with Crippen molar-refractivity contribution in [3.05, 3.63) is 0 Å². The number of hydrazone groups is 1. The Kier molecular flexibility index (Phi) is 2.51. The summed E-state index contributed by atoms with van der Waals surface area (Å²) in [6, 6.07) is 0. The molecule has 1 aliphatic rings. The molecule has 1 heterocycles. The number of alkyl halides is 4. The first-order chi connectivity index (χ1) is 5.88. The number of nitrogens with zero attached hydrogens (tertiary/aromatic N) is 2.